The molecule has 0 saturated heterocycles. The van der Waals surface area contributed by atoms with Crippen LogP contribution < -0.4 is 0 Å². The Hall–Kier alpha value is -0.990. The van der Waals surface area contributed by atoms with Crippen LogP contribution in [0.15, 0.2) is 28.7 Å². The summed E-state index contributed by atoms with van der Waals surface area (Å²) in [5, 5.41) is 11.9. The number of hydrogen-bond acceptors (Lipinski definition) is 2. The lowest BCUT2D eigenvalue weighted by atomic mass is 9.99. The largest absolute Gasteiger partial charge is 0.458 e. The van der Waals surface area contributed by atoms with Crippen molar-refractivity contribution in [2.45, 2.75) is 31.8 Å². The second-order valence-corrected chi connectivity index (χ2v) is 5.26. The minimum atomic E-state index is -0.469. The van der Waals surface area contributed by atoms with Crippen LogP contribution in [0.25, 0.3) is 11.0 Å². The Kier molecular flexibility index (Phi) is 2.85. The Labute approximate surface area is 105 Å². The van der Waals surface area contributed by atoms with Crippen LogP contribution in [0.1, 0.15) is 37.5 Å². The van der Waals surface area contributed by atoms with E-state index in [1.54, 1.807) is 6.07 Å². The van der Waals surface area contributed by atoms with Crippen LogP contribution in [0.3, 0.4) is 0 Å². The van der Waals surface area contributed by atoms with E-state index in [2.05, 4.69) is 0 Å². The molecule has 0 radical (unpaired) electrons. The van der Waals surface area contributed by atoms with Gasteiger partial charge in [-0.25, -0.2) is 0 Å². The molecule has 0 spiro atoms. The number of benzene rings is 1. The van der Waals surface area contributed by atoms with Crippen molar-refractivity contribution >= 4 is 22.6 Å². The van der Waals surface area contributed by atoms with Crippen LogP contribution in [-0.4, -0.2) is 5.11 Å². The fourth-order valence-electron chi connectivity index (χ4n) is 2.69. The number of fused-ring (bicyclic) bond motifs is 1. The average Bonchev–Trinajstić information content (AvgIpc) is 2.96. The molecule has 2 aromatic rings. The maximum atomic E-state index is 10.3. The van der Waals surface area contributed by atoms with Crippen molar-refractivity contribution in [1.82, 2.24) is 0 Å². The summed E-state index contributed by atoms with van der Waals surface area (Å²) in [4.78, 5) is 0. The monoisotopic (exact) mass is 250 g/mol. The Balaban J connectivity index is 1.94. The molecule has 0 amide bonds. The van der Waals surface area contributed by atoms with Gasteiger partial charge in [0.25, 0.3) is 0 Å². The van der Waals surface area contributed by atoms with Crippen LogP contribution in [0.5, 0.6) is 0 Å². The van der Waals surface area contributed by atoms with Gasteiger partial charge in [-0.05, 0) is 43.0 Å². The molecule has 1 aliphatic rings. The number of hydrogen-bond donors (Lipinski definition) is 1. The van der Waals surface area contributed by atoms with E-state index >= 15 is 0 Å². The first kappa shape index (κ1) is 11.1. The van der Waals surface area contributed by atoms with Crippen molar-refractivity contribution < 1.29 is 9.52 Å². The summed E-state index contributed by atoms with van der Waals surface area (Å²) in [5.74, 6) is 1.03. The molecule has 0 bridgehead atoms. The van der Waals surface area contributed by atoms with Crippen LogP contribution in [0, 0.1) is 5.92 Å². The summed E-state index contributed by atoms with van der Waals surface area (Å²) >= 11 is 5.93. The average molecular weight is 251 g/mol. The molecule has 3 rings (SSSR count). The molecule has 1 N–H and O–H groups in total. The smallest absolute Gasteiger partial charge is 0.134 e. The summed E-state index contributed by atoms with van der Waals surface area (Å²) in [6.45, 7) is 0. The van der Waals surface area contributed by atoms with Gasteiger partial charge in [-0.1, -0.05) is 24.4 Å². The van der Waals surface area contributed by atoms with Gasteiger partial charge in [-0.15, -0.1) is 0 Å². The molecule has 17 heavy (non-hydrogen) atoms. The maximum absolute atomic E-state index is 10.3. The first-order chi connectivity index (χ1) is 8.24. The van der Waals surface area contributed by atoms with Crippen LogP contribution in [-0.2, 0) is 0 Å². The Morgan fingerprint density at radius 2 is 2.00 bits per heavy atom. The van der Waals surface area contributed by atoms with Crippen molar-refractivity contribution in [2.75, 3.05) is 0 Å². The summed E-state index contributed by atoms with van der Waals surface area (Å²) in [5.41, 5.74) is 0.793. The number of halogens is 1. The van der Waals surface area contributed by atoms with E-state index in [0.717, 1.165) is 23.8 Å². The standard InChI is InChI=1S/C14H15ClO2/c15-11-5-6-12-10(7-11)8-13(17-12)14(16)9-3-1-2-4-9/h5-9,14,16H,1-4H2. The first-order valence-corrected chi connectivity index (χ1v) is 6.49. The molecule has 90 valence electrons. The lowest BCUT2D eigenvalue weighted by Crippen LogP contribution is -2.07. The van der Waals surface area contributed by atoms with Gasteiger partial charge >= 0.3 is 0 Å². The van der Waals surface area contributed by atoms with E-state index in [-0.39, 0.29) is 0 Å². The van der Waals surface area contributed by atoms with Crippen molar-refractivity contribution in [3.05, 3.63) is 35.0 Å². The van der Waals surface area contributed by atoms with E-state index in [1.165, 1.54) is 12.8 Å². The summed E-state index contributed by atoms with van der Waals surface area (Å²) in [6.07, 6.45) is 4.16. The molecule has 1 fully saturated rings. The second-order valence-electron chi connectivity index (χ2n) is 4.82. The summed E-state index contributed by atoms with van der Waals surface area (Å²) in [7, 11) is 0. The fourth-order valence-corrected chi connectivity index (χ4v) is 2.87. The lowest BCUT2D eigenvalue weighted by Gasteiger charge is -2.14. The van der Waals surface area contributed by atoms with Gasteiger partial charge in [-0.3, -0.25) is 0 Å². The molecule has 1 saturated carbocycles. The molecule has 2 nitrogen and oxygen atoms in total. The second kappa shape index (κ2) is 4.35. The van der Waals surface area contributed by atoms with E-state index in [1.807, 2.05) is 18.2 Å². The Morgan fingerprint density at radius 3 is 2.76 bits per heavy atom. The molecule has 1 aliphatic carbocycles. The van der Waals surface area contributed by atoms with Crippen molar-refractivity contribution in [1.29, 1.82) is 0 Å². The molecule has 1 heterocycles. The van der Waals surface area contributed by atoms with Gasteiger partial charge in [-0.2, -0.15) is 0 Å². The zero-order chi connectivity index (χ0) is 11.8. The minimum Gasteiger partial charge on any atom is -0.458 e. The van der Waals surface area contributed by atoms with Gasteiger partial charge in [0.05, 0.1) is 0 Å². The van der Waals surface area contributed by atoms with Crippen LogP contribution in [0.2, 0.25) is 5.02 Å². The zero-order valence-electron chi connectivity index (χ0n) is 9.53. The Morgan fingerprint density at radius 1 is 1.24 bits per heavy atom. The molecule has 1 unspecified atom stereocenters. The number of aliphatic hydroxyl groups is 1. The Bertz CT molecular complexity index is 526. The van der Waals surface area contributed by atoms with Gasteiger partial charge in [0, 0.05) is 10.4 Å². The lowest BCUT2D eigenvalue weighted by molar-refractivity contribution is 0.0905. The van der Waals surface area contributed by atoms with E-state index < -0.39 is 6.10 Å². The predicted molar refractivity (Wildman–Crippen MR) is 68.1 cm³/mol. The van der Waals surface area contributed by atoms with E-state index in [4.69, 9.17) is 16.0 Å². The third kappa shape index (κ3) is 2.07. The number of furan rings is 1. The first-order valence-electron chi connectivity index (χ1n) is 6.11. The molecule has 1 atom stereocenters. The van der Waals surface area contributed by atoms with Gasteiger partial charge in [0.15, 0.2) is 0 Å². The zero-order valence-corrected chi connectivity index (χ0v) is 10.3. The van der Waals surface area contributed by atoms with E-state index in [0.29, 0.717) is 16.7 Å². The van der Waals surface area contributed by atoms with Gasteiger partial charge in [0.2, 0.25) is 0 Å². The molecule has 1 aromatic carbocycles. The van der Waals surface area contributed by atoms with Gasteiger partial charge < -0.3 is 9.52 Å². The van der Waals surface area contributed by atoms with Crippen molar-refractivity contribution in [3.63, 3.8) is 0 Å². The normalized spacial score (nSPS) is 18.9. The molecule has 0 aliphatic heterocycles. The predicted octanol–water partition coefficient (Wildman–Crippen LogP) is 4.31. The minimum absolute atomic E-state index is 0.353. The third-order valence-corrected chi connectivity index (χ3v) is 3.87. The SMILES string of the molecule is OC(c1cc2cc(Cl)ccc2o1)C1CCCC1. The summed E-state index contributed by atoms with van der Waals surface area (Å²) in [6, 6.07) is 7.43. The third-order valence-electron chi connectivity index (χ3n) is 3.64. The number of rotatable bonds is 2. The molecular formula is C14H15ClO2. The van der Waals surface area contributed by atoms with Gasteiger partial charge in [0.1, 0.15) is 17.4 Å². The highest BCUT2D eigenvalue weighted by molar-refractivity contribution is 6.31. The van der Waals surface area contributed by atoms with E-state index in [9.17, 15) is 5.11 Å². The van der Waals surface area contributed by atoms with Crippen molar-refractivity contribution in [3.8, 4) is 0 Å². The van der Waals surface area contributed by atoms with Crippen LogP contribution in [0.4, 0.5) is 0 Å². The molecule has 1 aromatic heterocycles. The molecule has 3 heteroatoms. The highest BCUT2D eigenvalue weighted by Crippen LogP contribution is 2.37. The topological polar surface area (TPSA) is 33.4 Å². The van der Waals surface area contributed by atoms with Crippen LogP contribution >= 0.6 is 11.6 Å². The molecular weight excluding hydrogens is 236 g/mol. The number of aliphatic hydroxyl groups excluding tert-OH is 1. The van der Waals surface area contributed by atoms with Crippen molar-refractivity contribution in [2.24, 2.45) is 5.92 Å². The quantitative estimate of drug-likeness (QED) is 0.862. The summed E-state index contributed by atoms with van der Waals surface area (Å²) < 4.78 is 5.69. The fraction of sp³-hybridized carbons (Fsp3) is 0.429. The maximum Gasteiger partial charge on any atom is 0.134 e. The highest BCUT2D eigenvalue weighted by Gasteiger charge is 2.26. The highest BCUT2D eigenvalue weighted by atomic mass is 35.5.